The summed E-state index contributed by atoms with van der Waals surface area (Å²) in [6, 6.07) is 6.82. The first-order chi connectivity index (χ1) is 9.92. The fourth-order valence-electron chi connectivity index (χ4n) is 5.92. The number of hydrogen-bond acceptors (Lipinski definition) is 1. The van der Waals surface area contributed by atoms with Crippen LogP contribution in [0.2, 0.25) is 0 Å². The number of carboxylic acid groups (broad SMARTS) is 1. The van der Waals surface area contributed by atoms with Gasteiger partial charge in [-0.3, -0.25) is 4.79 Å². The first kappa shape index (κ1) is 13.4. The Morgan fingerprint density at radius 1 is 1.10 bits per heavy atom. The SMILES string of the molecule is Cc1ccc(C23CC4CC(CC(C(=O)O)(C4)C2)C3)cc1C. The first-order valence-corrected chi connectivity index (χ1v) is 8.24. The average molecular weight is 284 g/mol. The zero-order valence-electron chi connectivity index (χ0n) is 13.0. The summed E-state index contributed by atoms with van der Waals surface area (Å²) in [6.45, 7) is 4.32. The molecule has 1 aromatic rings. The van der Waals surface area contributed by atoms with E-state index in [2.05, 4.69) is 32.0 Å². The second-order valence-electron chi connectivity index (χ2n) is 8.13. The number of carboxylic acids is 1. The van der Waals surface area contributed by atoms with E-state index in [9.17, 15) is 9.90 Å². The second-order valence-corrected chi connectivity index (χ2v) is 8.13. The van der Waals surface area contributed by atoms with Crippen molar-refractivity contribution in [3.63, 3.8) is 0 Å². The van der Waals surface area contributed by atoms with E-state index in [1.165, 1.54) is 36.0 Å². The van der Waals surface area contributed by atoms with E-state index in [4.69, 9.17) is 0 Å². The minimum Gasteiger partial charge on any atom is -0.481 e. The molecule has 21 heavy (non-hydrogen) atoms. The van der Waals surface area contributed by atoms with Gasteiger partial charge in [0, 0.05) is 0 Å². The van der Waals surface area contributed by atoms with Crippen molar-refractivity contribution in [1.29, 1.82) is 0 Å². The minimum atomic E-state index is -0.537. The number of aliphatic carboxylic acids is 1. The molecule has 4 saturated carbocycles. The molecule has 2 nitrogen and oxygen atoms in total. The average Bonchev–Trinajstić information content (AvgIpc) is 2.40. The molecule has 4 bridgehead atoms. The standard InChI is InChI=1S/C19H24O2/c1-12-3-4-16(5-13(12)2)18-7-14-6-15(8-18)10-19(9-14,11-18)17(20)21/h3-5,14-15H,6-11H2,1-2H3,(H,20,21). The van der Waals surface area contributed by atoms with Crippen LogP contribution in [0.1, 0.15) is 55.2 Å². The Bertz CT molecular complexity index is 602. The van der Waals surface area contributed by atoms with Crippen LogP contribution in [-0.2, 0) is 10.2 Å². The molecule has 0 saturated heterocycles. The van der Waals surface area contributed by atoms with Crippen LogP contribution in [0.25, 0.3) is 0 Å². The highest BCUT2D eigenvalue weighted by molar-refractivity contribution is 5.76. The number of benzene rings is 1. The predicted octanol–water partition coefficient (Wildman–Crippen LogP) is 4.23. The van der Waals surface area contributed by atoms with Crippen LogP contribution in [0.4, 0.5) is 0 Å². The van der Waals surface area contributed by atoms with E-state index in [0.29, 0.717) is 11.8 Å². The Hall–Kier alpha value is -1.31. The fourth-order valence-corrected chi connectivity index (χ4v) is 5.92. The van der Waals surface area contributed by atoms with Crippen LogP contribution in [0.3, 0.4) is 0 Å². The van der Waals surface area contributed by atoms with Gasteiger partial charge in [-0.15, -0.1) is 0 Å². The Kier molecular flexibility index (Phi) is 2.62. The lowest BCUT2D eigenvalue weighted by Crippen LogP contribution is -2.56. The van der Waals surface area contributed by atoms with Crippen molar-refractivity contribution in [2.24, 2.45) is 17.3 Å². The quantitative estimate of drug-likeness (QED) is 0.882. The molecule has 2 atom stereocenters. The first-order valence-electron chi connectivity index (χ1n) is 8.24. The van der Waals surface area contributed by atoms with Crippen LogP contribution in [0.5, 0.6) is 0 Å². The third-order valence-electron chi connectivity index (χ3n) is 6.63. The molecular weight excluding hydrogens is 260 g/mol. The van der Waals surface area contributed by atoms with E-state index in [1.54, 1.807) is 0 Å². The van der Waals surface area contributed by atoms with Gasteiger partial charge in [0.05, 0.1) is 5.41 Å². The third-order valence-corrected chi connectivity index (χ3v) is 6.63. The van der Waals surface area contributed by atoms with Crippen molar-refractivity contribution < 1.29 is 9.90 Å². The Balaban J connectivity index is 1.80. The van der Waals surface area contributed by atoms with E-state index in [1.807, 2.05) is 0 Å². The van der Waals surface area contributed by atoms with Crippen molar-refractivity contribution >= 4 is 5.97 Å². The lowest BCUT2D eigenvalue weighted by atomic mass is 9.43. The Morgan fingerprint density at radius 3 is 2.33 bits per heavy atom. The van der Waals surface area contributed by atoms with Crippen LogP contribution in [0.15, 0.2) is 18.2 Å². The van der Waals surface area contributed by atoms with E-state index >= 15 is 0 Å². The molecule has 2 unspecified atom stereocenters. The highest BCUT2D eigenvalue weighted by Crippen LogP contribution is 2.65. The molecule has 0 spiro atoms. The summed E-state index contributed by atoms with van der Waals surface area (Å²) in [6.07, 6.45) is 6.39. The normalized spacial score (nSPS) is 40.5. The number of rotatable bonds is 2. The fraction of sp³-hybridized carbons (Fsp3) is 0.632. The van der Waals surface area contributed by atoms with Gasteiger partial charge in [0.25, 0.3) is 0 Å². The summed E-state index contributed by atoms with van der Waals surface area (Å²) in [5.74, 6) is 0.720. The summed E-state index contributed by atoms with van der Waals surface area (Å²) in [5.41, 5.74) is 3.79. The van der Waals surface area contributed by atoms with E-state index < -0.39 is 11.4 Å². The number of carbonyl (C=O) groups is 1. The molecule has 5 rings (SSSR count). The molecule has 0 aromatic heterocycles. The van der Waals surface area contributed by atoms with Crippen molar-refractivity contribution in [3.05, 3.63) is 34.9 Å². The summed E-state index contributed by atoms with van der Waals surface area (Å²) in [7, 11) is 0. The van der Waals surface area contributed by atoms with Crippen LogP contribution in [0, 0.1) is 31.1 Å². The van der Waals surface area contributed by atoms with Crippen molar-refractivity contribution in [1.82, 2.24) is 0 Å². The van der Waals surface area contributed by atoms with E-state index in [0.717, 1.165) is 19.3 Å². The summed E-state index contributed by atoms with van der Waals surface area (Å²) < 4.78 is 0. The molecule has 1 N–H and O–H groups in total. The van der Waals surface area contributed by atoms with Crippen molar-refractivity contribution in [3.8, 4) is 0 Å². The molecule has 4 aliphatic carbocycles. The maximum Gasteiger partial charge on any atom is 0.309 e. The molecule has 4 fully saturated rings. The molecule has 0 amide bonds. The zero-order chi connectivity index (χ0) is 14.8. The van der Waals surface area contributed by atoms with Crippen molar-refractivity contribution in [2.45, 2.75) is 57.8 Å². The predicted molar refractivity (Wildman–Crippen MR) is 82.3 cm³/mol. The van der Waals surface area contributed by atoms with Gasteiger partial charge >= 0.3 is 5.97 Å². The second kappa shape index (κ2) is 4.12. The van der Waals surface area contributed by atoms with Gasteiger partial charge in [0.2, 0.25) is 0 Å². The third kappa shape index (κ3) is 1.81. The lowest BCUT2D eigenvalue weighted by Gasteiger charge is -2.60. The monoisotopic (exact) mass is 284 g/mol. The number of aryl methyl sites for hydroxylation is 2. The van der Waals surface area contributed by atoms with Gasteiger partial charge in [0.15, 0.2) is 0 Å². The topological polar surface area (TPSA) is 37.3 Å². The van der Waals surface area contributed by atoms with Gasteiger partial charge < -0.3 is 5.11 Å². The summed E-state index contributed by atoms with van der Waals surface area (Å²) in [5, 5.41) is 9.84. The smallest absolute Gasteiger partial charge is 0.309 e. The van der Waals surface area contributed by atoms with Gasteiger partial charge in [0.1, 0.15) is 0 Å². The van der Waals surface area contributed by atoms with Gasteiger partial charge in [-0.2, -0.15) is 0 Å². The molecule has 112 valence electrons. The largest absolute Gasteiger partial charge is 0.481 e. The van der Waals surface area contributed by atoms with E-state index in [-0.39, 0.29) is 5.41 Å². The molecule has 4 aliphatic rings. The van der Waals surface area contributed by atoms with Crippen LogP contribution >= 0.6 is 0 Å². The van der Waals surface area contributed by atoms with Gasteiger partial charge in [-0.25, -0.2) is 0 Å². The van der Waals surface area contributed by atoms with Crippen molar-refractivity contribution in [2.75, 3.05) is 0 Å². The van der Waals surface area contributed by atoms with Gasteiger partial charge in [-0.05, 0) is 86.3 Å². The minimum absolute atomic E-state index is 0.140. The van der Waals surface area contributed by atoms with Gasteiger partial charge in [-0.1, -0.05) is 18.2 Å². The lowest BCUT2D eigenvalue weighted by molar-refractivity contribution is -0.167. The Morgan fingerprint density at radius 2 is 1.76 bits per heavy atom. The summed E-state index contributed by atoms with van der Waals surface area (Å²) >= 11 is 0. The molecule has 0 aliphatic heterocycles. The van der Waals surface area contributed by atoms with Crippen LogP contribution in [-0.4, -0.2) is 11.1 Å². The summed E-state index contributed by atoms with van der Waals surface area (Å²) in [4.78, 5) is 11.9. The number of hydrogen-bond donors (Lipinski definition) is 1. The Labute approximate surface area is 126 Å². The highest BCUT2D eigenvalue weighted by atomic mass is 16.4. The zero-order valence-corrected chi connectivity index (χ0v) is 13.0. The molecule has 2 heteroatoms. The van der Waals surface area contributed by atoms with Crippen LogP contribution < -0.4 is 0 Å². The highest BCUT2D eigenvalue weighted by Gasteiger charge is 2.61. The molecule has 1 aromatic carbocycles. The molecule has 0 heterocycles. The maximum absolute atomic E-state index is 11.9. The maximum atomic E-state index is 11.9. The molecule has 0 radical (unpaired) electrons. The molecular formula is C19H24O2.